The van der Waals surface area contributed by atoms with E-state index in [4.69, 9.17) is 23.2 Å². The van der Waals surface area contributed by atoms with Crippen LogP contribution < -0.4 is 0 Å². The standard InChI is InChI=1S/C11H3Cl2F4N/c12-5-1-4(2-6(13)3-5)7-8(14)10(16)18-11(17)9(7)15/h1-3H. The molecule has 0 saturated heterocycles. The zero-order valence-electron chi connectivity index (χ0n) is 8.45. The third-order valence-corrected chi connectivity index (χ3v) is 2.59. The fraction of sp³-hybridized carbons (Fsp3) is 0. The summed E-state index contributed by atoms with van der Waals surface area (Å²) in [7, 11) is 0. The van der Waals surface area contributed by atoms with E-state index in [0.717, 1.165) is 12.1 Å². The van der Waals surface area contributed by atoms with Crippen LogP contribution in [0, 0.1) is 23.5 Å². The summed E-state index contributed by atoms with van der Waals surface area (Å²) in [6, 6.07) is 3.58. The predicted octanol–water partition coefficient (Wildman–Crippen LogP) is 4.61. The molecule has 0 amide bonds. The van der Waals surface area contributed by atoms with Crippen molar-refractivity contribution in [2.75, 3.05) is 0 Å². The third kappa shape index (κ3) is 2.28. The number of nitrogens with zero attached hydrogens (tertiary/aromatic N) is 1. The Morgan fingerprint density at radius 1 is 0.778 bits per heavy atom. The smallest absolute Gasteiger partial charge is 0.201 e. The Hall–Kier alpha value is -1.33. The highest BCUT2D eigenvalue weighted by molar-refractivity contribution is 6.35. The van der Waals surface area contributed by atoms with Crippen LogP contribution in [0.1, 0.15) is 0 Å². The van der Waals surface area contributed by atoms with Crippen molar-refractivity contribution < 1.29 is 17.6 Å². The number of halogens is 6. The lowest BCUT2D eigenvalue weighted by Gasteiger charge is -2.07. The van der Waals surface area contributed by atoms with Gasteiger partial charge in [0, 0.05) is 10.0 Å². The van der Waals surface area contributed by atoms with E-state index in [1.807, 2.05) is 0 Å². The highest BCUT2D eigenvalue weighted by atomic mass is 35.5. The van der Waals surface area contributed by atoms with Gasteiger partial charge in [-0.3, -0.25) is 0 Å². The average Bonchev–Trinajstić information content (AvgIpc) is 2.25. The molecule has 0 unspecified atom stereocenters. The molecular formula is C11H3Cl2F4N. The lowest BCUT2D eigenvalue weighted by atomic mass is 10.1. The molecule has 2 rings (SSSR count). The van der Waals surface area contributed by atoms with Crippen LogP contribution in [0.5, 0.6) is 0 Å². The maximum absolute atomic E-state index is 13.5. The lowest BCUT2D eigenvalue weighted by Crippen LogP contribution is -2.02. The van der Waals surface area contributed by atoms with Gasteiger partial charge in [-0.15, -0.1) is 0 Å². The van der Waals surface area contributed by atoms with Crippen LogP contribution in [-0.4, -0.2) is 4.98 Å². The molecule has 1 aromatic carbocycles. The van der Waals surface area contributed by atoms with Gasteiger partial charge in [-0.1, -0.05) is 23.2 Å². The van der Waals surface area contributed by atoms with Crippen LogP contribution in [0.3, 0.4) is 0 Å². The number of rotatable bonds is 1. The fourth-order valence-corrected chi connectivity index (χ4v) is 1.96. The summed E-state index contributed by atoms with van der Waals surface area (Å²) < 4.78 is 52.8. The second-order valence-corrected chi connectivity index (χ2v) is 4.23. The maximum atomic E-state index is 13.5. The summed E-state index contributed by atoms with van der Waals surface area (Å²) in [5, 5.41) is 0.155. The normalized spacial score (nSPS) is 10.8. The predicted molar refractivity (Wildman–Crippen MR) is 59.5 cm³/mol. The summed E-state index contributed by atoms with van der Waals surface area (Å²) in [6.07, 6.45) is 0. The van der Waals surface area contributed by atoms with Crippen LogP contribution in [0.2, 0.25) is 10.0 Å². The van der Waals surface area contributed by atoms with Crippen LogP contribution in [0.4, 0.5) is 17.6 Å². The van der Waals surface area contributed by atoms with Crippen molar-refractivity contribution in [1.82, 2.24) is 4.98 Å². The topological polar surface area (TPSA) is 12.9 Å². The van der Waals surface area contributed by atoms with Gasteiger partial charge in [0.15, 0.2) is 11.6 Å². The Morgan fingerprint density at radius 2 is 1.22 bits per heavy atom. The van der Waals surface area contributed by atoms with Crippen LogP contribution in [-0.2, 0) is 0 Å². The number of pyridine rings is 1. The van der Waals surface area contributed by atoms with E-state index >= 15 is 0 Å². The molecule has 0 fully saturated rings. The molecule has 0 radical (unpaired) electrons. The first kappa shape index (κ1) is 13.1. The van der Waals surface area contributed by atoms with Crippen molar-refractivity contribution >= 4 is 23.2 Å². The number of hydrogen-bond donors (Lipinski definition) is 0. The quantitative estimate of drug-likeness (QED) is 0.553. The number of benzene rings is 1. The van der Waals surface area contributed by atoms with E-state index in [1.54, 1.807) is 0 Å². The Morgan fingerprint density at radius 3 is 1.67 bits per heavy atom. The van der Waals surface area contributed by atoms with Gasteiger partial charge in [0.1, 0.15) is 0 Å². The van der Waals surface area contributed by atoms with E-state index in [0.29, 0.717) is 0 Å². The van der Waals surface area contributed by atoms with Gasteiger partial charge in [0.25, 0.3) is 11.9 Å². The molecule has 1 nitrogen and oxygen atoms in total. The van der Waals surface area contributed by atoms with Crippen molar-refractivity contribution in [3.8, 4) is 11.1 Å². The lowest BCUT2D eigenvalue weighted by molar-refractivity contribution is 0.410. The second kappa shape index (κ2) is 4.74. The van der Waals surface area contributed by atoms with Crippen LogP contribution in [0.15, 0.2) is 18.2 Å². The number of hydrogen-bond acceptors (Lipinski definition) is 1. The molecule has 0 aliphatic carbocycles. The van der Waals surface area contributed by atoms with Gasteiger partial charge < -0.3 is 0 Å². The maximum Gasteiger partial charge on any atom is 0.252 e. The van der Waals surface area contributed by atoms with Gasteiger partial charge in [0.05, 0.1) is 5.56 Å². The zero-order valence-corrected chi connectivity index (χ0v) is 9.96. The SMILES string of the molecule is Fc1nc(F)c(F)c(-c2cc(Cl)cc(Cl)c2)c1F. The fourth-order valence-electron chi connectivity index (χ4n) is 1.44. The Labute approximate surface area is 109 Å². The monoisotopic (exact) mass is 295 g/mol. The van der Waals surface area contributed by atoms with E-state index < -0.39 is 29.1 Å². The van der Waals surface area contributed by atoms with Gasteiger partial charge in [0.2, 0.25) is 0 Å². The van der Waals surface area contributed by atoms with Crippen molar-refractivity contribution in [3.05, 3.63) is 51.8 Å². The molecule has 7 heteroatoms. The molecule has 0 spiro atoms. The van der Waals surface area contributed by atoms with Crippen LogP contribution in [0.25, 0.3) is 11.1 Å². The minimum Gasteiger partial charge on any atom is -0.201 e. The molecule has 18 heavy (non-hydrogen) atoms. The second-order valence-electron chi connectivity index (χ2n) is 3.35. The molecule has 0 aliphatic rings. The highest BCUT2D eigenvalue weighted by Gasteiger charge is 2.22. The van der Waals surface area contributed by atoms with Gasteiger partial charge in [-0.2, -0.15) is 13.8 Å². The molecule has 2 aromatic rings. The number of aromatic nitrogens is 1. The molecule has 0 atom stereocenters. The molecule has 94 valence electrons. The van der Waals surface area contributed by atoms with Gasteiger partial charge in [-0.25, -0.2) is 8.78 Å². The third-order valence-electron chi connectivity index (χ3n) is 2.15. The minimum atomic E-state index is -1.74. The van der Waals surface area contributed by atoms with Crippen molar-refractivity contribution in [3.63, 3.8) is 0 Å². The molecule has 0 aliphatic heterocycles. The Kier molecular flexibility index (Phi) is 3.45. The molecule has 1 heterocycles. The molecule has 1 aromatic heterocycles. The van der Waals surface area contributed by atoms with Crippen LogP contribution >= 0.6 is 23.2 Å². The Balaban J connectivity index is 2.78. The molecule has 0 N–H and O–H groups in total. The summed E-state index contributed by atoms with van der Waals surface area (Å²) in [4.78, 5) is 2.45. The van der Waals surface area contributed by atoms with Gasteiger partial charge >= 0.3 is 0 Å². The first-order valence-electron chi connectivity index (χ1n) is 4.56. The Bertz CT molecular complexity index is 584. The van der Waals surface area contributed by atoms with E-state index in [2.05, 4.69) is 4.98 Å². The van der Waals surface area contributed by atoms with Crippen molar-refractivity contribution in [2.24, 2.45) is 0 Å². The van der Waals surface area contributed by atoms with E-state index in [9.17, 15) is 17.6 Å². The first-order chi connectivity index (χ1) is 8.40. The summed E-state index contributed by atoms with van der Waals surface area (Å²) in [5.41, 5.74) is -1.08. The summed E-state index contributed by atoms with van der Waals surface area (Å²) in [6.45, 7) is 0. The molecule has 0 bridgehead atoms. The molecule has 0 saturated carbocycles. The summed E-state index contributed by atoms with van der Waals surface area (Å²) >= 11 is 11.3. The van der Waals surface area contributed by atoms with Crippen molar-refractivity contribution in [1.29, 1.82) is 0 Å². The minimum absolute atomic E-state index is 0.0777. The highest BCUT2D eigenvalue weighted by Crippen LogP contribution is 2.32. The van der Waals surface area contributed by atoms with Gasteiger partial charge in [-0.05, 0) is 23.8 Å². The average molecular weight is 296 g/mol. The van der Waals surface area contributed by atoms with E-state index in [1.165, 1.54) is 6.07 Å². The van der Waals surface area contributed by atoms with Crippen molar-refractivity contribution in [2.45, 2.75) is 0 Å². The van der Waals surface area contributed by atoms with E-state index in [-0.39, 0.29) is 15.6 Å². The largest absolute Gasteiger partial charge is 0.252 e. The zero-order chi connectivity index (χ0) is 13.4. The summed E-state index contributed by atoms with van der Waals surface area (Å²) in [5.74, 6) is -6.68. The molecular weight excluding hydrogens is 293 g/mol. The first-order valence-corrected chi connectivity index (χ1v) is 5.32.